The standard InChI is InChI=1S/C9H13NS/c1-4-7-8(10-3)6-11-9(7)5-2/h4-6,10H,1-3H3/b7-4-,9-5+. The molecule has 0 radical (unpaired) electrons. The van der Waals surface area contributed by atoms with Crippen molar-refractivity contribution in [2.24, 2.45) is 0 Å². The van der Waals surface area contributed by atoms with E-state index in [1.54, 1.807) is 11.3 Å². The van der Waals surface area contributed by atoms with Crippen molar-refractivity contribution >= 4 is 29.2 Å². The average molecular weight is 167 g/mol. The normalized spacial score (nSPS) is 14.1. The highest BCUT2D eigenvalue weighted by atomic mass is 32.1. The third-order valence-corrected chi connectivity index (χ3v) is 2.74. The maximum atomic E-state index is 3.16. The van der Waals surface area contributed by atoms with Crippen LogP contribution in [0.15, 0.2) is 5.38 Å². The van der Waals surface area contributed by atoms with E-state index in [-0.39, 0.29) is 0 Å². The quantitative estimate of drug-likeness (QED) is 0.666. The predicted octanol–water partition coefficient (Wildman–Crippen LogP) is 1.39. The van der Waals surface area contributed by atoms with E-state index in [0.29, 0.717) is 0 Å². The Kier molecular flexibility index (Phi) is 2.71. The van der Waals surface area contributed by atoms with Gasteiger partial charge in [-0.2, -0.15) is 0 Å². The minimum atomic E-state index is 1.23. The Balaban J connectivity index is 3.46. The first-order valence-corrected chi connectivity index (χ1v) is 4.59. The lowest BCUT2D eigenvalue weighted by atomic mass is 10.3. The minimum absolute atomic E-state index is 1.23. The average Bonchev–Trinajstić information content (AvgIpc) is 2.45. The first-order valence-electron chi connectivity index (χ1n) is 3.71. The van der Waals surface area contributed by atoms with E-state index in [4.69, 9.17) is 0 Å². The molecular formula is C9H13NS. The van der Waals surface area contributed by atoms with Crippen molar-refractivity contribution in [3.05, 3.63) is 15.1 Å². The monoisotopic (exact) mass is 167 g/mol. The molecule has 1 aromatic heterocycles. The molecule has 11 heavy (non-hydrogen) atoms. The van der Waals surface area contributed by atoms with Gasteiger partial charge < -0.3 is 5.32 Å². The highest BCUT2D eigenvalue weighted by Gasteiger charge is 1.93. The first kappa shape index (κ1) is 8.34. The van der Waals surface area contributed by atoms with E-state index in [1.165, 1.54) is 15.4 Å². The van der Waals surface area contributed by atoms with E-state index in [2.05, 4.69) is 36.7 Å². The Bertz CT molecular complexity index is 335. The van der Waals surface area contributed by atoms with Crippen molar-refractivity contribution in [2.75, 3.05) is 12.4 Å². The molecule has 0 bridgehead atoms. The molecule has 0 aromatic carbocycles. The molecule has 0 amide bonds. The predicted molar refractivity (Wildman–Crippen MR) is 53.4 cm³/mol. The summed E-state index contributed by atoms with van der Waals surface area (Å²) in [6.07, 6.45) is 4.28. The van der Waals surface area contributed by atoms with Crippen LogP contribution in [0, 0.1) is 0 Å². The van der Waals surface area contributed by atoms with Crippen molar-refractivity contribution < 1.29 is 0 Å². The molecule has 0 atom stereocenters. The van der Waals surface area contributed by atoms with Crippen molar-refractivity contribution in [1.29, 1.82) is 0 Å². The molecule has 0 spiro atoms. The molecule has 0 aliphatic carbocycles. The highest BCUT2D eigenvalue weighted by molar-refractivity contribution is 7.08. The first-order chi connectivity index (χ1) is 5.33. The zero-order chi connectivity index (χ0) is 8.27. The summed E-state index contributed by atoms with van der Waals surface area (Å²) in [5, 5.41) is 6.62. The third kappa shape index (κ3) is 1.46. The fraction of sp³-hybridized carbons (Fsp3) is 0.333. The maximum absolute atomic E-state index is 3.16. The fourth-order valence-electron chi connectivity index (χ4n) is 1.10. The maximum Gasteiger partial charge on any atom is 0.0522 e. The van der Waals surface area contributed by atoms with Crippen LogP contribution in [0.4, 0.5) is 5.69 Å². The van der Waals surface area contributed by atoms with Crippen LogP contribution in [0.5, 0.6) is 0 Å². The Morgan fingerprint density at radius 1 is 1.36 bits per heavy atom. The summed E-state index contributed by atoms with van der Waals surface area (Å²) >= 11 is 1.78. The lowest BCUT2D eigenvalue weighted by Gasteiger charge is -1.91. The SMILES string of the molecule is C/C=c1/c(NC)cs/c1=C/C. The fourth-order valence-corrected chi connectivity index (χ4v) is 2.08. The van der Waals surface area contributed by atoms with Gasteiger partial charge in [-0.25, -0.2) is 0 Å². The topological polar surface area (TPSA) is 12.0 Å². The van der Waals surface area contributed by atoms with Crippen LogP contribution in [-0.2, 0) is 0 Å². The molecule has 0 saturated heterocycles. The Morgan fingerprint density at radius 2 is 2.09 bits per heavy atom. The molecule has 0 aliphatic rings. The molecule has 1 nitrogen and oxygen atoms in total. The number of rotatable bonds is 1. The molecule has 1 N–H and O–H groups in total. The van der Waals surface area contributed by atoms with Crippen LogP contribution in [0.1, 0.15) is 13.8 Å². The zero-order valence-electron chi connectivity index (χ0n) is 7.14. The summed E-state index contributed by atoms with van der Waals surface area (Å²) < 4.78 is 1.34. The second-order valence-electron chi connectivity index (χ2n) is 2.25. The van der Waals surface area contributed by atoms with Crippen molar-refractivity contribution in [1.82, 2.24) is 0 Å². The summed E-state index contributed by atoms with van der Waals surface area (Å²) in [6, 6.07) is 0. The molecule has 0 unspecified atom stereocenters. The smallest absolute Gasteiger partial charge is 0.0522 e. The minimum Gasteiger partial charge on any atom is -0.387 e. The number of anilines is 1. The van der Waals surface area contributed by atoms with E-state index in [1.807, 2.05) is 7.05 Å². The summed E-state index contributed by atoms with van der Waals surface area (Å²) in [6.45, 7) is 4.13. The zero-order valence-corrected chi connectivity index (χ0v) is 7.96. The molecule has 2 heteroatoms. The lowest BCUT2D eigenvalue weighted by molar-refractivity contribution is 1.50. The second-order valence-corrected chi connectivity index (χ2v) is 3.17. The Labute approximate surface area is 71.1 Å². The van der Waals surface area contributed by atoms with Crippen LogP contribution >= 0.6 is 11.3 Å². The van der Waals surface area contributed by atoms with Gasteiger partial charge in [0.1, 0.15) is 0 Å². The van der Waals surface area contributed by atoms with Crippen LogP contribution < -0.4 is 15.1 Å². The Morgan fingerprint density at radius 3 is 2.55 bits per heavy atom. The van der Waals surface area contributed by atoms with E-state index in [0.717, 1.165) is 0 Å². The molecule has 0 saturated carbocycles. The van der Waals surface area contributed by atoms with Crippen LogP contribution in [0.2, 0.25) is 0 Å². The lowest BCUT2D eigenvalue weighted by Crippen LogP contribution is -2.19. The van der Waals surface area contributed by atoms with Gasteiger partial charge in [0.05, 0.1) is 5.69 Å². The van der Waals surface area contributed by atoms with Gasteiger partial charge in [0.25, 0.3) is 0 Å². The van der Waals surface area contributed by atoms with E-state index >= 15 is 0 Å². The van der Waals surface area contributed by atoms with Gasteiger partial charge in [0, 0.05) is 22.2 Å². The third-order valence-electron chi connectivity index (χ3n) is 1.68. The van der Waals surface area contributed by atoms with Crippen molar-refractivity contribution in [3.63, 3.8) is 0 Å². The molecule has 0 aliphatic heterocycles. The molecular weight excluding hydrogens is 154 g/mol. The van der Waals surface area contributed by atoms with Crippen molar-refractivity contribution in [2.45, 2.75) is 13.8 Å². The van der Waals surface area contributed by atoms with Gasteiger partial charge in [0.2, 0.25) is 0 Å². The molecule has 1 aromatic rings. The van der Waals surface area contributed by atoms with Gasteiger partial charge in [-0.05, 0) is 13.8 Å². The number of thiophene rings is 1. The van der Waals surface area contributed by atoms with E-state index in [9.17, 15) is 0 Å². The summed E-state index contributed by atoms with van der Waals surface area (Å²) in [7, 11) is 1.95. The van der Waals surface area contributed by atoms with Gasteiger partial charge in [-0.3, -0.25) is 0 Å². The molecule has 0 fully saturated rings. The molecule has 1 rings (SSSR count). The largest absolute Gasteiger partial charge is 0.387 e. The Hall–Kier alpha value is -0.760. The van der Waals surface area contributed by atoms with Gasteiger partial charge >= 0.3 is 0 Å². The number of hydrogen-bond acceptors (Lipinski definition) is 2. The molecule has 60 valence electrons. The van der Waals surface area contributed by atoms with Gasteiger partial charge in [-0.1, -0.05) is 12.2 Å². The number of hydrogen-bond donors (Lipinski definition) is 1. The summed E-state index contributed by atoms with van der Waals surface area (Å²) in [4.78, 5) is 0. The van der Waals surface area contributed by atoms with E-state index < -0.39 is 0 Å². The van der Waals surface area contributed by atoms with Gasteiger partial charge in [0.15, 0.2) is 0 Å². The van der Waals surface area contributed by atoms with Gasteiger partial charge in [-0.15, -0.1) is 11.3 Å². The second kappa shape index (κ2) is 3.58. The highest BCUT2D eigenvalue weighted by Crippen LogP contribution is 1.98. The van der Waals surface area contributed by atoms with Crippen LogP contribution in [-0.4, -0.2) is 7.05 Å². The van der Waals surface area contributed by atoms with Crippen LogP contribution in [0.25, 0.3) is 12.2 Å². The van der Waals surface area contributed by atoms with Crippen LogP contribution in [0.3, 0.4) is 0 Å². The summed E-state index contributed by atoms with van der Waals surface area (Å²) in [5.74, 6) is 0. The summed E-state index contributed by atoms with van der Waals surface area (Å²) in [5.41, 5.74) is 1.23. The van der Waals surface area contributed by atoms with Crippen molar-refractivity contribution in [3.8, 4) is 0 Å². The number of nitrogens with one attached hydrogen (secondary N) is 1. The molecule has 1 heterocycles.